The van der Waals surface area contributed by atoms with Gasteiger partial charge >= 0.3 is 12.1 Å². The van der Waals surface area contributed by atoms with Gasteiger partial charge in [0.25, 0.3) is 0 Å². The lowest BCUT2D eigenvalue weighted by atomic mass is 9.87. The molecule has 0 radical (unpaired) electrons. The average molecular weight is 448 g/mol. The summed E-state index contributed by atoms with van der Waals surface area (Å²) in [6, 6.07) is 15.0. The van der Waals surface area contributed by atoms with Crippen LogP contribution in [0.1, 0.15) is 55.1 Å². The Kier molecular flexibility index (Phi) is 5.74. The maximum atomic E-state index is 13.0. The van der Waals surface area contributed by atoms with Gasteiger partial charge in [0.15, 0.2) is 6.04 Å². The number of carbonyl (C=O) groups is 2. The van der Waals surface area contributed by atoms with Crippen LogP contribution in [-0.4, -0.2) is 45.5 Å². The van der Waals surface area contributed by atoms with Crippen molar-refractivity contribution in [2.45, 2.75) is 38.1 Å². The number of hydrogen-bond donors (Lipinski definition) is 1. The van der Waals surface area contributed by atoms with Crippen LogP contribution < -0.4 is 0 Å². The maximum Gasteiger partial charge on any atom is 0.410 e. The summed E-state index contributed by atoms with van der Waals surface area (Å²) in [6.45, 7) is 6.02. The zero-order chi connectivity index (χ0) is 23.9. The van der Waals surface area contributed by atoms with Crippen molar-refractivity contribution in [1.29, 1.82) is 0 Å². The predicted molar refractivity (Wildman–Crippen MR) is 125 cm³/mol. The summed E-state index contributed by atoms with van der Waals surface area (Å²) in [4.78, 5) is 26.4. The number of aryl methyl sites for hydroxylation is 1. The summed E-state index contributed by atoms with van der Waals surface area (Å²) in [5.74, 6) is -1.23. The first-order chi connectivity index (χ1) is 15.6. The molecule has 0 aliphatic heterocycles. The van der Waals surface area contributed by atoms with Gasteiger partial charge in [-0.25, -0.2) is 9.59 Å². The fourth-order valence-corrected chi connectivity index (χ4v) is 4.60. The molecule has 1 amide bonds. The minimum absolute atomic E-state index is 0.0958. The van der Waals surface area contributed by atoms with Gasteiger partial charge in [0.05, 0.1) is 5.69 Å². The van der Waals surface area contributed by atoms with E-state index < -0.39 is 18.1 Å². The zero-order valence-corrected chi connectivity index (χ0v) is 19.6. The second-order valence-corrected chi connectivity index (χ2v) is 9.51. The molecule has 1 aliphatic rings. The van der Waals surface area contributed by atoms with Gasteiger partial charge in [0, 0.05) is 37.2 Å². The molecule has 0 spiro atoms. The monoisotopic (exact) mass is 447 g/mol. The molecular weight excluding hydrogens is 418 g/mol. The number of aromatic nitrogens is 2. The molecule has 1 aliphatic carbocycles. The molecule has 7 heteroatoms. The van der Waals surface area contributed by atoms with E-state index in [4.69, 9.17) is 4.74 Å². The van der Waals surface area contributed by atoms with Crippen molar-refractivity contribution in [1.82, 2.24) is 14.7 Å². The van der Waals surface area contributed by atoms with Crippen LogP contribution in [0.3, 0.4) is 0 Å². The molecule has 3 aromatic rings. The number of benzene rings is 2. The third-order valence-corrected chi connectivity index (χ3v) is 6.11. The second kappa shape index (κ2) is 8.39. The van der Waals surface area contributed by atoms with Crippen LogP contribution in [0.5, 0.6) is 0 Å². The van der Waals surface area contributed by atoms with E-state index in [-0.39, 0.29) is 17.9 Å². The molecule has 2 aromatic carbocycles. The van der Waals surface area contributed by atoms with Gasteiger partial charge in [-0.3, -0.25) is 9.58 Å². The van der Waals surface area contributed by atoms with Crippen LogP contribution in [-0.2, 0) is 22.0 Å². The van der Waals surface area contributed by atoms with Crippen LogP contribution >= 0.6 is 0 Å². The molecule has 1 aromatic heterocycles. The Balaban J connectivity index is 1.57. The number of fused-ring (bicyclic) bond motifs is 3. The standard InChI is InChI=1S/C26H29N3O4/c1-26(2,3)23-20(14-28(4)27-23)22(24(30)31)29(5)25(32)33-15-21-18-12-8-6-10-16(18)17-11-7-9-13-19(17)21/h6-14,21-22H,15H2,1-5H3,(H,30,31). The zero-order valence-electron chi connectivity index (χ0n) is 19.6. The van der Waals surface area contributed by atoms with Gasteiger partial charge in [-0.1, -0.05) is 69.3 Å². The molecule has 0 saturated heterocycles. The highest BCUT2D eigenvalue weighted by atomic mass is 16.6. The second-order valence-electron chi connectivity index (χ2n) is 9.51. The predicted octanol–water partition coefficient (Wildman–Crippen LogP) is 4.72. The van der Waals surface area contributed by atoms with E-state index >= 15 is 0 Å². The minimum Gasteiger partial charge on any atom is -0.479 e. The summed E-state index contributed by atoms with van der Waals surface area (Å²) in [7, 11) is 3.20. The van der Waals surface area contributed by atoms with Crippen LogP contribution in [0, 0.1) is 0 Å². The van der Waals surface area contributed by atoms with E-state index in [0.717, 1.165) is 27.2 Å². The van der Waals surface area contributed by atoms with E-state index in [2.05, 4.69) is 17.2 Å². The molecule has 1 heterocycles. The summed E-state index contributed by atoms with van der Waals surface area (Å²) in [5, 5.41) is 14.5. The van der Waals surface area contributed by atoms with Crippen LogP contribution in [0.2, 0.25) is 0 Å². The van der Waals surface area contributed by atoms with E-state index in [1.54, 1.807) is 17.9 Å². The summed E-state index contributed by atoms with van der Waals surface area (Å²) in [5.41, 5.74) is 5.21. The van der Waals surface area contributed by atoms with Crippen LogP contribution in [0.25, 0.3) is 11.1 Å². The number of nitrogens with zero attached hydrogens (tertiary/aromatic N) is 3. The average Bonchev–Trinajstić information content (AvgIpc) is 3.30. The van der Waals surface area contributed by atoms with Gasteiger partial charge in [0.1, 0.15) is 6.61 Å². The molecule has 0 fully saturated rings. The molecule has 33 heavy (non-hydrogen) atoms. The Bertz CT molecular complexity index is 1160. The van der Waals surface area contributed by atoms with Crippen molar-refractivity contribution >= 4 is 12.1 Å². The highest BCUT2D eigenvalue weighted by molar-refractivity contribution is 5.82. The summed E-state index contributed by atoms with van der Waals surface area (Å²) in [6.07, 6.45) is 0.972. The third-order valence-electron chi connectivity index (χ3n) is 6.11. The summed E-state index contributed by atoms with van der Waals surface area (Å²) < 4.78 is 7.26. The number of ether oxygens (including phenoxy) is 1. The number of carboxylic acid groups (broad SMARTS) is 1. The van der Waals surface area contributed by atoms with Crippen LogP contribution in [0.15, 0.2) is 54.7 Å². The van der Waals surface area contributed by atoms with E-state index in [1.165, 1.54) is 7.05 Å². The molecule has 172 valence electrons. The SMILES string of the molecule is CN(C(=O)OCC1c2ccccc2-c2ccccc21)C(C(=O)O)c1cn(C)nc1C(C)(C)C. The molecule has 1 N–H and O–H groups in total. The molecule has 7 nitrogen and oxygen atoms in total. The lowest BCUT2D eigenvalue weighted by molar-refractivity contribution is -0.142. The van der Waals surface area contributed by atoms with Crippen LogP contribution in [0.4, 0.5) is 4.79 Å². The Labute approximate surface area is 193 Å². The van der Waals surface area contributed by atoms with E-state index in [9.17, 15) is 14.7 Å². The number of carbonyl (C=O) groups excluding carboxylic acids is 1. The van der Waals surface area contributed by atoms with Gasteiger partial charge in [-0.2, -0.15) is 5.10 Å². The Morgan fingerprint density at radius 3 is 2.15 bits per heavy atom. The van der Waals surface area contributed by atoms with Crippen molar-refractivity contribution in [2.75, 3.05) is 13.7 Å². The smallest absolute Gasteiger partial charge is 0.410 e. The largest absolute Gasteiger partial charge is 0.479 e. The topological polar surface area (TPSA) is 84.7 Å². The number of rotatable bonds is 5. The number of hydrogen-bond acceptors (Lipinski definition) is 4. The highest BCUT2D eigenvalue weighted by Crippen LogP contribution is 2.44. The lowest BCUT2D eigenvalue weighted by Gasteiger charge is -2.27. The number of carboxylic acids is 1. The van der Waals surface area contributed by atoms with Crippen molar-refractivity contribution in [3.8, 4) is 11.1 Å². The third kappa shape index (κ3) is 4.11. The van der Waals surface area contributed by atoms with Gasteiger partial charge in [-0.05, 0) is 22.3 Å². The highest BCUT2D eigenvalue weighted by Gasteiger charge is 2.37. The normalized spacial score (nSPS) is 13.8. The first-order valence-corrected chi connectivity index (χ1v) is 10.9. The fourth-order valence-electron chi connectivity index (χ4n) is 4.60. The molecule has 0 bridgehead atoms. The summed E-state index contributed by atoms with van der Waals surface area (Å²) >= 11 is 0. The van der Waals surface area contributed by atoms with Gasteiger partial charge in [-0.15, -0.1) is 0 Å². The number of amides is 1. The number of aliphatic carboxylic acids is 1. The molecular formula is C26H29N3O4. The first kappa shape index (κ1) is 22.6. The Hall–Kier alpha value is -3.61. The molecule has 1 atom stereocenters. The van der Waals surface area contributed by atoms with Crippen molar-refractivity contribution < 1.29 is 19.4 Å². The molecule has 1 unspecified atom stereocenters. The Morgan fingerprint density at radius 1 is 1.09 bits per heavy atom. The van der Waals surface area contributed by atoms with Gasteiger partial charge < -0.3 is 9.84 Å². The fraction of sp³-hybridized carbons (Fsp3) is 0.346. The van der Waals surface area contributed by atoms with Gasteiger partial charge in [0.2, 0.25) is 0 Å². The molecule has 4 rings (SSSR count). The molecule has 0 saturated carbocycles. The maximum absolute atomic E-state index is 13.0. The quantitative estimate of drug-likeness (QED) is 0.612. The number of likely N-dealkylation sites (N-methyl/N-ethyl adjacent to an activating group) is 1. The van der Waals surface area contributed by atoms with E-state index in [1.807, 2.05) is 57.2 Å². The Morgan fingerprint density at radius 2 is 1.64 bits per heavy atom. The minimum atomic E-state index is -1.21. The van der Waals surface area contributed by atoms with Crippen molar-refractivity contribution in [3.63, 3.8) is 0 Å². The van der Waals surface area contributed by atoms with Crippen molar-refractivity contribution in [2.24, 2.45) is 7.05 Å². The lowest BCUT2D eigenvalue weighted by Crippen LogP contribution is -2.37. The van der Waals surface area contributed by atoms with E-state index in [0.29, 0.717) is 11.3 Å². The first-order valence-electron chi connectivity index (χ1n) is 10.9. The van der Waals surface area contributed by atoms with Crippen molar-refractivity contribution in [3.05, 3.63) is 77.1 Å².